The monoisotopic (exact) mass is 141 g/mol. The van der Waals surface area contributed by atoms with Crippen molar-refractivity contribution in [2.75, 3.05) is 20.1 Å². The van der Waals surface area contributed by atoms with Gasteiger partial charge in [0.15, 0.2) is 0 Å². The summed E-state index contributed by atoms with van der Waals surface area (Å²) in [5.74, 6) is 1.41. The number of aliphatic hydroxyl groups is 1. The largest absolute Gasteiger partial charge is 0.393 e. The average Bonchev–Trinajstić information content (AvgIpc) is 2.35. The third kappa shape index (κ3) is 0.867. The molecule has 1 aliphatic heterocycles. The fourth-order valence-corrected chi connectivity index (χ4v) is 2.46. The SMILES string of the molecule is CN1C[C@H]2CC[C@@H](O)[C@@H]2C1. The fourth-order valence-electron chi connectivity index (χ4n) is 2.46. The van der Waals surface area contributed by atoms with Gasteiger partial charge in [0.05, 0.1) is 6.10 Å². The van der Waals surface area contributed by atoms with Crippen molar-refractivity contribution in [2.45, 2.75) is 18.9 Å². The molecule has 1 aliphatic carbocycles. The first kappa shape index (κ1) is 6.62. The summed E-state index contributed by atoms with van der Waals surface area (Å²) in [6.45, 7) is 2.33. The summed E-state index contributed by atoms with van der Waals surface area (Å²) in [6, 6.07) is 0. The predicted octanol–water partition coefficient (Wildman–Crippen LogP) is 0.319. The van der Waals surface area contributed by atoms with Crippen LogP contribution in [0, 0.1) is 11.8 Å². The van der Waals surface area contributed by atoms with Gasteiger partial charge in [-0.2, -0.15) is 0 Å². The molecule has 1 N–H and O–H groups in total. The highest BCUT2D eigenvalue weighted by Gasteiger charge is 2.40. The minimum absolute atomic E-state index is 0.00921. The van der Waals surface area contributed by atoms with E-state index in [9.17, 15) is 5.11 Å². The summed E-state index contributed by atoms with van der Waals surface area (Å²) >= 11 is 0. The second-order valence-corrected chi connectivity index (χ2v) is 3.79. The number of nitrogens with zero attached hydrogens (tertiary/aromatic N) is 1. The maximum atomic E-state index is 9.49. The van der Waals surface area contributed by atoms with Gasteiger partial charge in [-0.3, -0.25) is 0 Å². The molecule has 3 atom stereocenters. The standard InChI is InChI=1S/C8H15NO/c1-9-4-6-2-3-8(10)7(6)5-9/h6-8,10H,2-5H2,1H3/t6-,7-,8-/m1/s1. The van der Waals surface area contributed by atoms with E-state index in [4.69, 9.17) is 0 Å². The Labute approximate surface area is 61.8 Å². The lowest BCUT2D eigenvalue weighted by Crippen LogP contribution is -2.21. The molecule has 1 heterocycles. The van der Waals surface area contributed by atoms with Gasteiger partial charge >= 0.3 is 0 Å². The molecule has 1 saturated heterocycles. The number of likely N-dealkylation sites (tertiary alicyclic amines) is 1. The zero-order valence-electron chi connectivity index (χ0n) is 6.45. The van der Waals surface area contributed by atoms with Crippen LogP contribution in [-0.4, -0.2) is 36.2 Å². The van der Waals surface area contributed by atoms with Crippen molar-refractivity contribution < 1.29 is 5.11 Å². The van der Waals surface area contributed by atoms with Crippen LogP contribution in [0.25, 0.3) is 0 Å². The first-order valence-electron chi connectivity index (χ1n) is 4.14. The van der Waals surface area contributed by atoms with E-state index in [0.29, 0.717) is 5.92 Å². The molecule has 2 rings (SSSR count). The van der Waals surface area contributed by atoms with Gasteiger partial charge < -0.3 is 10.0 Å². The van der Waals surface area contributed by atoms with E-state index in [1.54, 1.807) is 0 Å². The quantitative estimate of drug-likeness (QED) is 0.525. The summed E-state index contributed by atoms with van der Waals surface area (Å²) in [6.07, 6.45) is 2.30. The van der Waals surface area contributed by atoms with Crippen molar-refractivity contribution in [3.63, 3.8) is 0 Å². The molecule has 2 heteroatoms. The maximum Gasteiger partial charge on any atom is 0.0583 e. The molecule has 0 unspecified atom stereocenters. The molecule has 0 aromatic rings. The Bertz CT molecular complexity index is 137. The Balaban J connectivity index is 2.05. The number of aliphatic hydroxyl groups excluding tert-OH is 1. The number of hydrogen-bond acceptors (Lipinski definition) is 2. The highest BCUT2D eigenvalue weighted by atomic mass is 16.3. The number of rotatable bonds is 0. The normalized spacial score (nSPS) is 48.0. The van der Waals surface area contributed by atoms with Crippen molar-refractivity contribution in [3.05, 3.63) is 0 Å². The average molecular weight is 141 g/mol. The maximum absolute atomic E-state index is 9.49. The van der Waals surface area contributed by atoms with E-state index in [-0.39, 0.29) is 6.10 Å². The van der Waals surface area contributed by atoms with Crippen LogP contribution < -0.4 is 0 Å². The second-order valence-electron chi connectivity index (χ2n) is 3.79. The highest BCUT2D eigenvalue weighted by Crippen LogP contribution is 2.37. The molecule has 0 radical (unpaired) electrons. The Morgan fingerprint density at radius 3 is 2.80 bits per heavy atom. The van der Waals surface area contributed by atoms with Gasteiger partial charge in [-0.25, -0.2) is 0 Å². The Hall–Kier alpha value is -0.0800. The van der Waals surface area contributed by atoms with Gasteiger partial charge in [-0.15, -0.1) is 0 Å². The highest BCUT2D eigenvalue weighted by molar-refractivity contribution is 4.92. The lowest BCUT2D eigenvalue weighted by molar-refractivity contribution is 0.126. The van der Waals surface area contributed by atoms with E-state index in [2.05, 4.69) is 11.9 Å². The van der Waals surface area contributed by atoms with Crippen LogP contribution >= 0.6 is 0 Å². The van der Waals surface area contributed by atoms with Crippen LogP contribution in [0.3, 0.4) is 0 Å². The van der Waals surface area contributed by atoms with Gasteiger partial charge in [0.25, 0.3) is 0 Å². The van der Waals surface area contributed by atoms with Crippen LogP contribution in [0.2, 0.25) is 0 Å². The first-order valence-corrected chi connectivity index (χ1v) is 4.14. The zero-order valence-corrected chi connectivity index (χ0v) is 6.45. The Kier molecular flexibility index (Phi) is 1.46. The molecule has 2 fully saturated rings. The van der Waals surface area contributed by atoms with Gasteiger partial charge in [-0.05, 0) is 25.8 Å². The van der Waals surface area contributed by atoms with E-state index in [1.807, 2.05) is 0 Å². The van der Waals surface area contributed by atoms with Gasteiger partial charge in [-0.1, -0.05) is 0 Å². The molecule has 2 aliphatic rings. The van der Waals surface area contributed by atoms with Gasteiger partial charge in [0.2, 0.25) is 0 Å². The molecule has 0 amide bonds. The summed E-state index contributed by atoms with van der Waals surface area (Å²) < 4.78 is 0. The van der Waals surface area contributed by atoms with Crippen molar-refractivity contribution >= 4 is 0 Å². The van der Waals surface area contributed by atoms with Crippen molar-refractivity contribution in [3.8, 4) is 0 Å². The van der Waals surface area contributed by atoms with Crippen molar-refractivity contribution in [2.24, 2.45) is 11.8 Å². The molecule has 0 bridgehead atoms. The third-order valence-electron chi connectivity index (χ3n) is 3.00. The van der Waals surface area contributed by atoms with Crippen LogP contribution in [0.5, 0.6) is 0 Å². The van der Waals surface area contributed by atoms with Crippen LogP contribution in [-0.2, 0) is 0 Å². The van der Waals surface area contributed by atoms with Gasteiger partial charge in [0.1, 0.15) is 0 Å². The number of hydrogen-bond donors (Lipinski definition) is 1. The number of fused-ring (bicyclic) bond motifs is 1. The van der Waals surface area contributed by atoms with Gasteiger partial charge in [0, 0.05) is 19.0 Å². The summed E-state index contributed by atoms with van der Waals surface area (Å²) in [5, 5.41) is 9.49. The molecule has 1 saturated carbocycles. The molecule has 10 heavy (non-hydrogen) atoms. The van der Waals surface area contributed by atoms with Crippen LogP contribution in [0.15, 0.2) is 0 Å². The third-order valence-corrected chi connectivity index (χ3v) is 3.00. The van der Waals surface area contributed by atoms with E-state index >= 15 is 0 Å². The lowest BCUT2D eigenvalue weighted by atomic mass is 10.00. The Morgan fingerprint density at radius 1 is 1.30 bits per heavy atom. The van der Waals surface area contributed by atoms with E-state index in [0.717, 1.165) is 18.9 Å². The van der Waals surface area contributed by atoms with Crippen LogP contribution in [0.4, 0.5) is 0 Å². The minimum Gasteiger partial charge on any atom is -0.393 e. The summed E-state index contributed by atoms with van der Waals surface area (Å²) in [5.41, 5.74) is 0. The van der Waals surface area contributed by atoms with Crippen LogP contribution in [0.1, 0.15) is 12.8 Å². The topological polar surface area (TPSA) is 23.5 Å². The molecule has 0 aromatic carbocycles. The zero-order chi connectivity index (χ0) is 7.14. The molecule has 2 nitrogen and oxygen atoms in total. The summed E-state index contributed by atoms with van der Waals surface area (Å²) in [4.78, 5) is 2.33. The Morgan fingerprint density at radius 2 is 2.10 bits per heavy atom. The predicted molar refractivity (Wildman–Crippen MR) is 39.7 cm³/mol. The molecule has 0 spiro atoms. The van der Waals surface area contributed by atoms with E-state index < -0.39 is 0 Å². The molecule has 0 aromatic heterocycles. The minimum atomic E-state index is 0.00921. The second kappa shape index (κ2) is 2.21. The smallest absolute Gasteiger partial charge is 0.0583 e. The molecular weight excluding hydrogens is 126 g/mol. The molecular formula is C8H15NO. The van der Waals surface area contributed by atoms with Crippen molar-refractivity contribution in [1.82, 2.24) is 4.90 Å². The lowest BCUT2D eigenvalue weighted by Gasteiger charge is -2.11. The first-order chi connectivity index (χ1) is 4.77. The van der Waals surface area contributed by atoms with Crippen molar-refractivity contribution in [1.29, 1.82) is 0 Å². The van der Waals surface area contributed by atoms with E-state index in [1.165, 1.54) is 13.0 Å². The summed E-state index contributed by atoms with van der Waals surface area (Å²) in [7, 11) is 2.14. The molecule has 58 valence electrons. The fraction of sp³-hybridized carbons (Fsp3) is 1.00.